The number of carbonyl (C=O) groups excluding carboxylic acids is 3. The molecule has 0 N–H and O–H groups in total. The van der Waals surface area contributed by atoms with Crippen LogP contribution in [0.4, 0.5) is 22.8 Å². The molecule has 4 atom stereocenters. The van der Waals surface area contributed by atoms with Crippen molar-refractivity contribution >= 4 is 18.2 Å². The van der Waals surface area contributed by atoms with Crippen LogP contribution in [-0.2, 0) is 41.1 Å². The van der Waals surface area contributed by atoms with Crippen LogP contribution < -0.4 is 0 Å². The molecule has 0 unspecified atom stereocenters. The lowest BCUT2D eigenvalue weighted by Crippen LogP contribution is -2.54. The van der Waals surface area contributed by atoms with E-state index in [-0.39, 0.29) is 13.0 Å². The Hall–Kier alpha value is -2.86. The van der Waals surface area contributed by atoms with E-state index >= 15 is 0 Å². The Kier molecular flexibility index (Phi) is 12.9. The van der Waals surface area contributed by atoms with Crippen molar-refractivity contribution in [2.75, 3.05) is 19.8 Å². The first-order valence-corrected chi connectivity index (χ1v) is 14.6. The van der Waals surface area contributed by atoms with Crippen LogP contribution in [0.15, 0.2) is 24.3 Å². The predicted molar refractivity (Wildman–Crippen MR) is 152 cm³/mol. The maximum Gasteiger partial charge on any atom is 0.420 e. The average Bonchev–Trinajstić information content (AvgIpc) is 2.89. The highest BCUT2D eigenvalue weighted by Crippen LogP contribution is 2.30. The van der Waals surface area contributed by atoms with Crippen molar-refractivity contribution in [3.05, 3.63) is 35.4 Å². The Morgan fingerprint density at radius 1 is 0.930 bits per heavy atom. The van der Waals surface area contributed by atoms with Crippen LogP contribution in [0.3, 0.4) is 0 Å². The topological polar surface area (TPSA) is 101 Å². The molecule has 1 aliphatic rings. The lowest BCUT2D eigenvalue weighted by Gasteiger charge is -2.33. The first-order valence-electron chi connectivity index (χ1n) is 14.6. The van der Waals surface area contributed by atoms with E-state index in [9.17, 15) is 27.6 Å². The molecule has 12 heteroatoms. The van der Waals surface area contributed by atoms with E-state index in [2.05, 4.69) is 0 Å². The van der Waals surface area contributed by atoms with Gasteiger partial charge in [-0.2, -0.15) is 18.1 Å². The fourth-order valence-electron chi connectivity index (χ4n) is 4.49. The van der Waals surface area contributed by atoms with E-state index in [0.717, 1.165) is 31.4 Å². The zero-order valence-electron chi connectivity index (χ0n) is 26.4. The van der Waals surface area contributed by atoms with Gasteiger partial charge in [-0.05, 0) is 79.0 Å². The minimum atomic E-state index is -4.46. The number of halogens is 3. The molecule has 1 aromatic rings. The molecule has 2 amide bonds. The van der Waals surface area contributed by atoms with Crippen LogP contribution in [0.5, 0.6) is 0 Å². The van der Waals surface area contributed by atoms with Crippen LogP contribution in [0.25, 0.3) is 0 Å². The van der Waals surface area contributed by atoms with Gasteiger partial charge < -0.3 is 23.7 Å². The van der Waals surface area contributed by atoms with Gasteiger partial charge in [0, 0.05) is 12.5 Å². The number of amides is 2. The quantitative estimate of drug-likeness (QED) is 0.176. The third-order valence-corrected chi connectivity index (χ3v) is 6.44. The SMILES string of the molecule is CCCCCO[C@@H]1[C@@H](Cc2ccc(C(F)(F)F)cc2)COC[C@H](N(C(=O)OC(C)(C)C)C(=O)OC(C)(C)C)C(=O)O[C@H]1C. The summed E-state index contributed by atoms with van der Waals surface area (Å²) in [6, 6.07) is 3.30. The van der Waals surface area contributed by atoms with Crippen molar-refractivity contribution in [3.63, 3.8) is 0 Å². The molecule has 0 aromatic heterocycles. The number of hydrogen-bond acceptors (Lipinski definition) is 8. The highest BCUT2D eigenvalue weighted by Gasteiger charge is 2.44. The lowest BCUT2D eigenvalue weighted by molar-refractivity contribution is -0.163. The molecule has 244 valence electrons. The van der Waals surface area contributed by atoms with Gasteiger partial charge in [-0.1, -0.05) is 31.9 Å². The highest BCUT2D eigenvalue weighted by molar-refractivity contribution is 5.94. The zero-order valence-corrected chi connectivity index (χ0v) is 26.4. The van der Waals surface area contributed by atoms with E-state index in [1.54, 1.807) is 48.5 Å². The summed E-state index contributed by atoms with van der Waals surface area (Å²) in [5.41, 5.74) is -2.12. The largest absolute Gasteiger partial charge is 0.458 e. The van der Waals surface area contributed by atoms with Crippen LogP contribution in [0.2, 0.25) is 0 Å². The minimum absolute atomic E-state index is 0.00736. The van der Waals surface area contributed by atoms with Crippen molar-refractivity contribution in [1.29, 1.82) is 0 Å². The summed E-state index contributed by atoms with van der Waals surface area (Å²) in [4.78, 5) is 40.5. The molecular weight excluding hydrogens is 571 g/mol. The van der Waals surface area contributed by atoms with Gasteiger partial charge in [0.25, 0.3) is 0 Å². The molecule has 0 spiro atoms. The molecule has 0 saturated carbocycles. The number of ether oxygens (including phenoxy) is 5. The van der Waals surface area contributed by atoms with Crippen molar-refractivity contribution in [3.8, 4) is 0 Å². The molecule has 1 fully saturated rings. The molecule has 43 heavy (non-hydrogen) atoms. The Bertz CT molecular complexity index is 1030. The Labute approximate surface area is 252 Å². The highest BCUT2D eigenvalue weighted by atomic mass is 19.4. The first-order chi connectivity index (χ1) is 19.8. The van der Waals surface area contributed by atoms with E-state index < -0.39 is 71.9 Å². The lowest BCUT2D eigenvalue weighted by atomic mass is 9.91. The van der Waals surface area contributed by atoms with Crippen molar-refractivity contribution in [2.45, 2.75) is 117 Å². The van der Waals surface area contributed by atoms with E-state index in [1.165, 1.54) is 12.1 Å². The molecule has 0 bridgehead atoms. The van der Waals surface area contributed by atoms with Crippen LogP contribution >= 0.6 is 0 Å². The van der Waals surface area contributed by atoms with Crippen LogP contribution in [0, 0.1) is 5.92 Å². The van der Waals surface area contributed by atoms with Crippen LogP contribution in [-0.4, -0.2) is 72.3 Å². The number of cyclic esters (lactones) is 1. The summed E-state index contributed by atoms with van der Waals surface area (Å²) < 4.78 is 68.1. The third-order valence-electron chi connectivity index (χ3n) is 6.44. The maximum atomic E-state index is 13.5. The summed E-state index contributed by atoms with van der Waals surface area (Å²) in [5, 5.41) is 0. The summed E-state index contributed by atoms with van der Waals surface area (Å²) in [6.45, 7) is 13.3. The van der Waals surface area contributed by atoms with Crippen molar-refractivity contribution in [1.82, 2.24) is 4.90 Å². The number of benzene rings is 1. The zero-order chi connectivity index (χ0) is 32.6. The number of unbranched alkanes of at least 4 members (excludes halogenated alkanes) is 2. The average molecular weight is 618 g/mol. The summed E-state index contributed by atoms with van der Waals surface area (Å²) in [6.07, 6.45) is -5.29. The van der Waals surface area contributed by atoms with Gasteiger partial charge >= 0.3 is 24.3 Å². The number of carbonyl (C=O) groups is 3. The molecule has 1 heterocycles. The summed E-state index contributed by atoms with van der Waals surface area (Å²) in [7, 11) is 0. The summed E-state index contributed by atoms with van der Waals surface area (Å²) in [5.74, 6) is -1.35. The fraction of sp³-hybridized carbons (Fsp3) is 0.710. The number of nitrogens with zero attached hydrogens (tertiary/aromatic N) is 1. The molecule has 0 radical (unpaired) electrons. The maximum absolute atomic E-state index is 13.5. The second kappa shape index (κ2) is 15.2. The fourth-order valence-corrected chi connectivity index (χ4v) is 4.49. The van der Waals surface area contributed by atoms with Gasteiger partial charge in [-0.25, -0.2) is 14.4 Å². The van der Waals surface area contributed by atoms with Gasteiger partial charge in [-0.3, -0.25) is 0 Å². The molecule has 1 aromatic carbocycles. The number of rotatable bonds is 8. The van der Waals surface area contributed by atoms with Crippen molar-refractivity contribution in [2.24, 2.45) is 5.92 Å². The van der Waals surface area contributed by atoms with Gasteiger partial charge in [-0.15, -0.1) is 0 Å². The molecule has 9 nitrogen and oxygen atoms in total. The Balaban J connectivity index is 2.40. The van der Waals surface area contributed by atoms with Gasteiger partial charge in [0.1, 0.15) is 17.3 Å². The van der Waals surface area contributed by atoms with E-state index in [1.807, 2.05) is 6.92 Å². The Morgan fingerprint density at radius 2 is 1.49 bits per heavy atom. The van der Waals surface area contributed by atoms with Gasteiger partial charge in [0.2, 0.25) is 0 Å². The Morgan fingerprint density at radius 3 is 1.98 bits per heavy atom. The number of alkyl halides is 3. The van der Waals surface area contributed by atoms with E-state index in [4.69, 9.17) is 23.7 Å². The number of imide groups is 1. The first kappa shape index (κ1) is 36.3. The molecule has 2 rings (SSSR count). The molecule has 1 aliphatic heterocycles. The van der Waals surface area contributed by atoms with Crippen LogP contribution in [0.1, 0.15) is 85.8 Å². The van der Waals surface area contributed by atoms with E-state index in [0.29, 0.717) is 17.1 Å². The molecular formula is C31H46F3NO8. The monoisotopic (exact) mass is 617 g/mol. The second-order valence-corrected chi connectivity index (χ2v) is 12.7. The molecule has 0 aliphatic carbocycles. The smallest absolute Gasteiger partial charge is 0.420 e. The minimum Gasteiger partial charge on any atom is -0.458 e. The standard InChI is InChI=1S/C31H46F3NO8/c1-9-10-11-16-40-25-20(2)41-26(36)24(35(27(37)42-29(3,4)5)28(38)43-30(6,7)8)19-39-18-22(25)17-21-12-14-23(15-13-21)31(32,33)34/h12-15,20,22,24-25H,9-11,16-19H2,1-8H3/t20-,22-,24-,25-/m0/s1. The number of esters is 1. The van der Waals surface area contributed by atoms with Crippen molar-refractivity contribution < 1.29 is 51.2 Å². The summed E-state index contributed by atoms with van der Waals surface area (Å²) >= 11 is 0. The third kappa shape index (κ3) is 12.0. The predicted octanol–water partition coefficient (Wildman–Crippen LogP) is 6.94. The number of hydrogen-bond donors (Lipinski definition) is 0. The molecule has 1 saturated heterocycles. The normalized spacial score (nSPS) is 22.1. The van der Waals surface area contributed by atoms with Gasteiger partial charge in [0.15, 0.2) is 6.04 Å². The van der Waals surface area contributed by atoms with Gasteiger partial charge in [0.05, 0.1) is 24.9 Å². The second-order valence-electron chi connectivity index (χ2n) is 12.7.